The van der Waals surface area contributed by atoms with E-state index in [1.807, 2.05) is 24.3 Å². The highest BCUT2D eigenvalue weighted by molar-refractivity contribution is 5.95. The number of amides is 2. The summed E-state index contributed by atoms with van der Waals surface area (Å²) in [5, 5.41) is 15.9. The molecule has 0 spiro atoms. The highest BCUT2D eigenvalue weighted by atomic mass is 16.5. The molecular weight excluding hydrogens is 480 g/mol. The number of nitrogens with zero attached hydrogens (tertiary/aromatic N) is 2. The predicted molar refractivity (Wildman–Crippen MR) is 146 cm³/mol. The van der Waals surface area contributed by atoms with Gasteiger partial charge in [-0.1, -0.05) is 24.3 Å². The molecule has 1 aromatic heterocycles. The molecule has 0 saturated carbocycles. The van der Waals surface area contributed by atoms with Crippen LogP contribution in [0.15, 0.2) is 85.5 Å². The number of pyridine rings is 1. The second-order valence-electron chi connectivity index (χ2n) is 9.39. The van der Waals surface area contributed by atoms with Gasteiger partial charge in [0, 0.05) is 43.2 Å². The van der Waals surface area contributed by atoms with Gasteiger partial charge in [0.2, 0.25) is 0 Å². The average molecular weight is 515 g/mol. The van der Waals surface area contributed by atoms with E-state index in [2.05, 4.69) is 27.1 Å². The Morgan fingerprint density at radius 3 is 2.37 bits per heavy atom. The molecule has 0 bridgehead atoms. The van der Waals surface area contributed by atoms with Crippen molar-refractivity contribution in [1.82, 2.24) is 20.5 Å². The summed E-state index contributed by atoms with van der Waals surface area (Å²) in [6.45, 7) is 5.91. The zero-order valence-electron chi connectivity index (χ0n) is 21.6. The van der Waals surface area contributed by atoms with Crippen LogP contribution in [0.2, 0.25) is 0 Å². The molecule has 8 heteroatoms. The number of ether oxygens (including phenoxy) is 1. The highest BCUT2D eigenvalue weighted by Gasteiger charge is 2.22. The number of carbonyl (C=O) groups is 2. The first-order chi connectivity index (χ1) is 18.5. The number of carbonyl (C=O) groups excluding carboxylic acids is 2. The summed E-state index contributed by atoms with van der Waals surface area (Å²) in [7, 11) is 1.62. The van der Waals surface area contributed by atoms with E-state index in [4.69, 9.17) is 4.74 Å². The Labute approximate surface area is 223 Å². The molecule has 1 aliphatic heterocycles. The van der Waals surface area contributed by atoms with E-state index in [1.165, 1.54) is 0 Å². The molecule has 1 atom stereocenters. The molecule has 4 rings (SSSR count). The Morgan fingerprint density at radius 2 is 1.71 bits per heavy atom. The minimum atomic E-state index is -0.645. The van der Waals surface area contributed by atoms with Crippen molar-refractivity contribution in [2.24, 2.45) is 5.92 Å². The molecule has 3 N–H and O–H groups in total. The van der Waals surface area contributed by atoms with Crippen LogP contribution in [-0.2, 0) is 4.74 Å². The lowest BCUT2D eigenvalue weighted by Gasteiger charge is -2.33. The number of nitrogens with one attached hydrogen (secondary N) is 2. The first kappa shape index (κ1) is 26.9. The van der Waals surface area contributed by atoms with Crippen LogP contribution < -0.4 is 10.6 Å². The summed E-state index contributed by atoms with van der Waals surface area (Å²) in [6.07, 6.45) is 5.34. The van der Waals surface area contributed by atoms with Crippen LogP contribution in [0, 0.1) is 5.92 Å². The quantitative estimate of drug-likeness (QED) is 0.356. The van der Waals surface area contributed by atoms with Gasteiger partial charge in [0.05, 0.1) is 19.8 Å². The van der Waals surface area contributed by atoms with Crippen molar-refractivity contribution in [2.45, 2.75) is 18.9 Å². The standard InChI is InChI=1S/C30H34N4O4/c1-21(38-2)34-16-12-22(13-17-34)19-32-29(36)27-5-3-4-26(18-27)28(20-35)33-30(37)25-8-6-23(7-9-25)24-10-14-31-15-11-24/h3-11,14-15,18,22,28,35H,1,12-13,16-17,19-20H2,2H3,(H,32,36)(H,33,37)/t28-/m1/s1. The van der Waals surface area contributed by atoms with Crippen LogP contribution in [-0.4, -0.2) is 60.2 Å². The normalized spacial score (nSPS) is 14.4. The third kappa shape index (κ3) is 6.77. The van der Waals surface area contributed by atoms with Crippen LogP contribution in [0.25, 0.3) is 11.1 Å². The van der Waals surface area contributed by atoms with Gasteiger partial charge in [0.1, 0.15) is 0 Å². The summed E-state index contributed by atoms with van der Waals surface area (Å²) >= 11 is 0. The molecule has 2 aromatic carbocycles. The molecule has 2 heterocycles. The Hall–Kier alpha value is -4.17. The van der Waals surface area contributed by atoms with E-state index in [0.29, 0.717) is 35.0 Å². The molecule has 3 aromatic rings. The van der Waals surface area contributed by atoms with Crippen LogP contribution >= 0.6 is 0 Å². The fraction of sp³-hybridized carbons (Fsp3) is 0.300. The van der Waals surface area contributed by atoms with Gasteiger partial charge in [-0.15, -0.1) is 0 Å². The number of aromatic nitrogens is 1. The molecule has 1 aliphatic rings. The Balaban J connectivity index is 1.33. The van der Waals surface area contributed by atoms with E-state index >= 15 is 0 Å². The third-order valence-electron chi connectivity index (χ3n) is 6.95. The lowest BCUT2D eigenvalue weighted by atomic mass is 9.96. The fourth-order valence-electron chi connectivity index (χ4n) is 4.59. The number of piperidine rings is 1. The summed E-state index contributed by atoms with van der Waals surface area (Å²) in [4.78, 5) is 31.9. The molecule has 0 aliphatic carbocycles. The number of hydrogen-bond donors (Lipinski definition) is 3. The number of aliphatic hydroxyl groups is 1. The Morgan fingerprint density at radius 1 is 1.03 bits per heavy atom. The smallest absolute Gasteiger partial charge is 0.251 e. The lowest BCUT2D eigenvalue weighted by molar-refractivity contribution is 0.0915. The molecule has 1 saturated heterocycles. The summed E-state index contributed by atoms with van der Waals surface area (Å²) < 4.78 is 5.21. The van der Waals surface area contributed by atoms with Gasteiger partial charge in [-0.3, -0.25) is 14.6 Å². The van der Waals surface area contributed by atoms with Crippen molar-refractivity contribution in [3.8, 4) is 11.1 Å². The first-order valence-corrected chi connectivity index (χ1v) is 12.8. The first-order valence-electron chi connectivity index (χ1n) is 12.8. The molecule has 38 heavy (non-hydrogen) atoms. The number of methoxy groups -OCH3 is 1. The van der Waals surface area contributed by atoms with E-state index in [9.17, 15) is 14.7 Å². The second-order valence-corrected chi connectivity index (χ2v) is 9.39. The molecular formula is C30H34N4O4. The van der Waals surface area contributed by atoms with Crippen LogP contribution in [0.4, 0.5) is 0 Å². The Kier molecular flexibility index (Phi) is 9.11. The molecule has 8 nitrogen and oxygen atoms in total. The molecule has 0 radical (unpaired) electrons. The number of likely N-dealkylation sites (tertiary alicyclic amines) is 1. The van der Waals surface area contributed by atoms with Crippen LogP contribution in [0.1, 0.15) is 45.2 Å². The second kappa shape index (κ2) is 12.9. The SMILES string of the molecule is C=C(OC)N1CCC(CNC(=O)c2cccc([C@@H](CO)NC(=O)c3ccc(-c4ccncc4)cc3)c2)CC1. The molecule has 198 valence electrons. The van der Waals surface area contributed by atoms with Crippen molar-refractivity contribution >= 4 is 11.8 Å². The van der Waals surface area contributed by atoms with Crippen molar-refractivity contribution in [1.29, 1.82) is 0 Å². The largest absolute Gasteiger partial charge is 0.483 e. The molecule has 1 fully saturated rings. The maximum Gasteiger partial charge on any atom is 0.251 e. The Bertz CT molecular complexity index is 1240. The van der Waals surface area contributed by atoms with E-state index in [-0.39, 0.29) is 18.4 Å². The molecule has 0 unspecified atom stereocenters. The summed E-state index contributed by atoms with van der Waals surface area (Å²) in [6, 6.07) is 17.4. The number of hydrogen-bond acceptors (Lipinski definition) is 6. The van der Waals surface area contributed by atoms with Gasteiger partial charge in [-0.2, -0.15) is 0 Å². The highest BCUT2D eigenvalue weighted by Crippen LogP contribution is 2.21. The maximum atomic E-state index is 12.9. The van der Waals surface area contributed by atoms with Crippen LogP contribution in [0.3, 0.4) is 0 Å². The van der Waals surface area contributed by atoms with E-state index in [0.717, 1.165) is 37.1 Å². The van der Waals surface area contributed by atoms with Crippen molar-refractivity contribution in [2.75, 3.05) is 33.4 Å². The van der Waals surface area contributed by atoms with Gasteiger partial charge in [0.25, 0.3) is 11.8 Å². The van der Waals surface area contributed by atoms with Gasteiger partial charge in [0.15, 0.2) is 5.88 Å². The van der Waals surface area contributed by atoms with E-state index in [1.54, 1.807) is 55.9 Å². The van der Waals surface area contributed by atoms with Crippen molar-refractivity contribution < 1.29 is 19.4 Å². The zero-order valence-corrected chi connectivity index (χ0v) is 21.6. The molecule has 2 amide bonds. The topological polar surface area (TPSA) is 104 Å². The number of rotatable bonds is 10. The summed E-state index contributed by atoms with van der Waals surface area (Å²) in [5.41, 5.74) is 3.62. The van der Waals surface area contributed by atoms with E-state index < -0.39 is 6.04 Å². The summed E-state index contributed by atoms with van der Waals surface area (Å²) in [5.74, 6) is 0.585. The maximum absolute atomic E-state index is 12.9. The number of benzene rings is 2. The van der Waals surface area contributed by atoms with Gasteiger partial charge in [-0.25, -0.2) is 0 Å². The average Bonchev–Trinajstić information content (AvgIpc) is 2.99. The van der Waals surface area contributed by atoms with Crippen molar-refractivity contribution in [3.05, 3.63) is 102 Å². The van der Waals surface area contributed by atoms with Crippen LogP contribution in [0.5, 0.6) is 0 Å². The van der Waals surface area contributed by atoms with Gasteiger partial charge < -0.3 is 25.4 Å². The predicted octanol–water partition coefficient (Wildman–Crippen LogP) is 3.77. The fourth-order valence-corrected chi connectivity index (χ4v) is 4.59. The minimum Gasteiger partial charge on any atom is -0.483 e. The van der Waals surface area contributed by atoms with Crippen molar-refractivity contribution in [3.63, 3.8) is 0 Å². The lowest BCUT2D eigenvalue weighted by Crippen LogP contribution is -2.38. The monoisotopic (exact) mass is 514 g/mol. The third-order valence-corrected chi connectivity index (χ3v) is 6.95. The zero-order chi connectivity index (χ0) is 26.9. The number of aliphatic hydroxyl groups excluding tert-OH is 1. The van der Waals surface area contributed by atoms with Gasteiger partial charge in [-0.05, 0) is 78.4 Å². The minimum absolute atomic E-state index is 0.176. The van der Waals surface area contributed by atoms with Gasteiger partial charge >= 0.3 is 0 Å².